The molecule has 21 heavy (non-hydrogen) atoms. The molecule has 0 aromatic carbocycles. The second-order valence-electron chi connectivity index (χ2n) is 4.38. The molecule has 8 heteroatoms. The van der Waals surface area contributed by atoms with Crippen molar-refractivity contribution >= 4 is 34.5 Å². The largest absolute Gasteiger partial charge is 0.386 e. The maximum absolute atomic E-state index is 12.1. The third-order valence-electron chi connectivity index (χ3n) is 2.93. The number of fused-ring (bicyclic) bond motifs is 1. The number of aliphatic hydroxyl groups is 1. The van der Waals surface area contributed by atoms with Crippen LogP contribution in [0.5, 0.6) is 0 Å². The Morgan fingerprint density at radius 3 is 3.05 bits per heavy atom. The molecule has 0 bridgehead atoms. The number of hydrogen-bond acceptors (Lipinski definition) is 5. The van der Waals surface area contributed by atoms with E-state index < -0.39 is 6.10 Å². The molecule has 0 saturated carbocycles. The van der Waals surface area contributed by atoms with Gasteiger partial charge in [0.15, 0.2) is 5.65 Å². The van der Waals surface area contributed by atoms with Crippen molar-refractivity contribution in [2.24, 2.45) is 0 Å². The zero-order chi connectivity index (χ0) is 14.8. The maximum Gasteiger partial charge on any atom is 0.252 e. The Hall–Kier alpha value is -1.96. The summed E-state index contributed by atoms with van der Waals surface area (Å²) in [5, 5.41) is 20.3. The molecule has 0 aliphatic heterocycles. The van der Waals surface area contributed by atoms with Crippen molar-refractivity contribution in [1.82, 2.24) is 19.9 Å². The second-order valence-corrected chi connectivity index (χ2v) is 6.13. The van der Waals surface area contributed by atoms with E-state index in [1.807, 2.05) is 0 Å². The molecule has 1 atom stereocenters. The highest BCUT2D eigenvalue weighted by atomic mass is 35.5. The van der Waals surface area contributed by atoms with Gasteiger partial charge in [-0.15, -0.1) is 21.5 Å². The highest BCUT2D eigenvalue weighted by molar-refractivity contribution is 7.16. The zero-order valence-corrected chi connectivity index (χ0v) is 12.3. The van der Waals surface area contributed by atoms with Crippen LogP contribution in [0.4, 0.5) is 0 Å². The van der Waals surface area contributed by atoms with Crippen molar-refractivity contribution in [3.63, 3.8) is 0 Å². The number of carbonyl (C=O) groups excluding carboxylic acids is 1. The van der Waals surface area contributed by atoms with E-state index in [4.69, 9.17) is 11.6 Å². The number of thiophene rings is 1. The van der Waals surface area contributed by atoms with Crippen molar-refractivity contribution < 1.29 is 9.90 Å². The standard InChI is InChI=1S/C13H11ClN4O2S/c14-11-3-2-10(21-11)9(19)5-15-13(20)8-1-4-12-17-16-7-18(12)6-8/h1-4,6-7,9,19H,5H2,(H,15,20)/t9-/m1/s1. The molecular weight excluding hydrogens is 312 g/mol. The minimum atomic E-state index is -0.773. The smallest absolute Gasteiger partial charge is 0.252 e. The van der Waals surface area contributed by atoms with Crippen LogP contribution in [0.2, 0.25) is 4.34 Å². The number of hydrogen-bond donors (Lipinski definition) is 2. The summed E-state index contributed by atoms with van der Waals surface area (Å²) in [6, 6.07) is 6.82. The predicted molar refractivity (Wildman–Crippen MR) is 79.6 cm³/mol. The first-order valence-electron chi connectivity index (χ1n) is 6.14. The van der Waals surface area contributed by atoms with Crippen LogP contribution in [0.3, 0.4) is 0 Å². The Bertz CT molecular complexity index is 785. The van der Waals surface area contributed by atoms with E-state index in [9.17, 15) is 9.90 Å². The van der Waals surface area contributed by atoms with Crippen LogP contribution in [-0.4, -0.2) is 32.2 Å². The summed E-state index contributed by atoms with van der Waals surface area (Å²) in [5.74, 6) is -0.271. The van der Waals surface area contributed by atoms with Crippen LogP contribution < -0.4 is 5.32 Å². The Morgan fingerprint density at radius 1 is 1.43 bits per heavy atom. The van der Waals surface area contributed by atoms with Gasteiger partial charge in [-0.1, -0.05) is 11.6 Å². The Balaban J connectivity index is 1.65. The van der Waals surface area contributed by atoms with Gasteiger partial charge < -0.3 is 10.4 Å². The summed E-state index contributed by atoms with van der Waals surface area (Å²) in [6.45, 7) is 0.121. The fraction of sp³-hybridized carbons (Fsp3) is 0.154. The molecule has 3 aromatic rings. The van der Waals surface area contributed by atoms with Gasteiger partial charge in [0, 0.05) is 17.6 Å². The third kappa shape index (κ3) is 3.05. The van der Waals surface area contributed by atoms with E-state index >= 15 is 0 Å². The van der Waals surface area contributed by atoms with Gasteiger partial charge in [-0.3, -0.25) is 9.20 Å². The number of aromatic nitrogens is 3. The normalized spacial score (nSPS) is 12.5. The summed E-state index contributed by atoms with van der Waals surface area (Å²) >= 11 is 7.10. The lowest BCUT2D eigenvalue weighted by molar-refractivity contribution is 0.0917. The average molecular weight is 323 g/mol. The number of nitrogens with zero attached hydrogens (tertiary/aromatic N) is 3. The van der Waals surface area contributed by atoms with Crippen molar-refractivity contribution in [1.29, 1.82) is 0 Å². The first-order valence-corrected chi connectivity index (χ1v) is 7.34. The molecular formula is C13H11ClN4O2S. The molecule has 0 spiro atoms. The summed E-state index contributed by atoms with van der Waals surface area (Å²) in [6.07, 6.45) is 2.39. The fourth-order valence-electron chi connectivity index (χ4n) is 1.86. The van der Waals surface area contributed by atoms with Crippen molar-refractivity contribution in [2.75, 3.05) is 6.54 Å². The van der Waals surface area contributed by atoms with E-state index in [1.165, 1.54) is 17.7 Å². The topological polar surface area (TPSA) is 79.5 Å². The van der Waals surface area contributed by atoms with Gasteiger partial charge in [-0.2, -0.15) is 0 Å². The molecule has 3 aromatic heterocycles. The Labute approximate surface area is 129 Å². The Morgan fingerprint density at radius 2 is 2.29 bits per heavy atom. The second kappa shape index (κ2) is 5.80. The summed E-state index contributed by atoms with van der Waals surface area (Å²) in [5.41, 5.74) is 1.14. The predicted octanol–water partition coefficient (Wildman–Crippen LogP) is 1.91. The molecule has 6 nitrogen and oxygen atoms in total. The number of amides is 1. The zero-order valence-electron chi connectivity index (χ0n) is 10.7. The summed E-state index contributed by atoms with van der Waals surface area (Å²) in [4.78, 5) is 12.8. The lowest BCUT2D eigenvalue weighted by Gasteiger charge is -2.10. The number of rotatable bonds is 4. The molecule has 1 amide bonds. The lowest BCUT2D eigenvalue weighted by atomic mass is 10.2. The first-order chi connectivity index (χ1) is 10.1. The van der Waals surface area contributed by atoms with Gasteiger partial charge >= 0.3 is 0 Å². The summed E-state index contributed by atoms with van der Waals surface area (Å²) in [7, 11) is 0. The third-order valence-corrected chi connectivity index (χ3v) is 4.26. The highest BCUT2D eigenvalue weighted by Crippen LogP contribution is 2.26. The van der Waals surface area contributed by atoms with Crippen LogP contribution in [0.1, 0.15) is 21.3 Å². The number of pyridine rings is 1. The molecule has 0 saturated heterocycles. The van der Waals surface area contributed by atoms with Crippen LogP contribution in [0.25, 0.3) is 5.65 Å². The molecule has 0 unspecified atom stereocenters. The molecule has 0 aliphatic rings. The minimum Gasteiger partial charge on any atom is -0.386 e. The quantitative estimate of drug-likeness (QED) is 0.769. The van der Waals surface area contributed by atoms with Crippen molar-refractivity contribution in [2.45, 2.75) is 6.10 Å². The number of halogens is 1. The molecule has 2 N–H and O–H groups in total. The molecule has 0 radical (unpaired) electrons. The van der Waals surface area contributed by atoms with Gasteiger partial charge in [0.25, 0.3) is 5.91 Å². The molecule has 108 valence electrons. The van der Waals surface area contributed by atoms with Gasteiger partial charge in [0.1, 0.15) is 12.4 Å². The average Bonchev–Trinajstić information content (AvgIpc) is 3.12. The van der Waals surface area contributed by atoms with Crippen LogP contribution in [0, 0.1) is 0 Å². The summed E-state index contributed by atoms with van der Waals surface area (Å²) < 4.78 is 2.26. The van der Waals surface area contributed by atoms with Crippen molar-refractivity contribution in [3.8, 4) is 0 Å². The van der Waals surface area contributed by atoms with Crippen LogP contribution >= 0.6 is 22.9 Å². The number of nitrogens with one attached hydrogen (secondary N) is 1. The van der Waals surface area contributed by atoms with E-state index in [2.05, 4.69) is 15.5 Å². The van der Waals surface area contributed by atoms with Crippen LogP contribution in [-0.2, 0) is 0 Å². The van der Waals surface area contributed by atoms with E-state index in [0.29, 0.717) is 15.5 Å². The van der Waals surface area contributed by atoms with Gasteiger partial charge in [-0.05, 0) is 24.3 Å². The fourth-order valence-corrected chi connectivity index (χ4v) is 2.91. The highest BCUT2D eigenvalue weighted by Gasteiger charge is 2.13. The molecule has 0 fully saturated rings. The van der Waals surface area contributed by atoms with Gasteiger partial charge in [0.2, 0.25) is 0 Å². The SMILES string of the molecule is O=C(NC[C@@H](O)c1ccc(Cl)s1)c1ccc2nncn2c1. The molecule has 3 rings (SSSR count). The number of aliphatic hydroxyl groups excluding tert-OH is 1. The maximum atomic E-state index is 12.1. The molecule has 0 aliphatic carbocycles. The monoisotopic (exact) mass is 322 g/mol. The van der Waals surface area contributed by atoms with Crippen molar-refractivity contribution in [3.05, 3.63) is 51.6 Å². The van der Waals surface area contributed by atoms with E-state index in [0.717, 1.165) is 4.88 Å². The Kier molecular flexibility index (Phi) is 3.87. The van der Waals surface area contributed by atoms with Gasteiger partial charge in [-0.25, -0.2) is 0 Å². The van der Waals surface area contributed by atoms with Crippen LogP contribution in [0.15, 0.2) is 36.8 Å². The van der Waals surface area contributed by atoms with E-state index in [1.54, 1.807) is 34.9 Å². The first kappa shape index (κ1) is 14.0. The molecule has 3 heterocycles. The van der Waals surface area contributed by atoms with Gasteiger partial charge in [0.05, 0.1) is 9.90 Å². The number of carbonyl (C=O) groups is 1. The minimum absolute atomic E-state index is 0.121. The lowest BCUT2D eigenvalue weighted by Crippen LogP contribution is -2.28. The van der Waals surface area contributed by atoms with E-state index in [-0.39, 0.29) is 12.5 Å².